The van der Waals surface area contributed by atoms with Crippen LogP contribution in [0, 0.1) is 0 Å². The number of rotatable bonds is 4. The maximum atomic E-state index is 2.28. The number of nitrogens with zero attached hydrogens (tertiary/aromatic N) is 1. The van der Waals surface area contributed by atoms with E-state index in [2.05, 4.69) is 80.4 Å². The average Bonchev–Trinajstić information content (AvgIpc) is 2.40. The lowest BCUT2D eigenvalue weighted by Gasteiger charge is -2.23. The normalized spacial score (nSPS) is 10.7. The summed E-state index contributed by atoms with van der Waals surface area (Å²) in [4.78, 5) is 2.28. The SMILES string of the molecule is CC(C)N(C)c1ccc(Cc2ccccc2)cc1. The first-order valence-corrected chi connectivity index (χ1v) is 6.52. The number of anilines is 1. The number of hydrogen-bond donors (Lipinski definition) is 0. The van der Waals surface area contributed by atoms with Crippen LogP contribution in [0.3, 0.4) is 0 Å². The highest BCUT2D eigenvalue weighted by Gasteiger charge is 2.04. The van der Waals surface area contributed by atoms with Gasteiger partial charge in [0, 0.05) is 18.8 Å². The maximum absolute atomic E-state index is 2.28. The summed E-state index contributed by atoms with van der Waals surface area (Å²) in [6, 6.07) is 20.0. The minimum absolute atomic E-state index is 0.532. The van der Waals surface area contributed by atoms with Gasteiger partial charge >= 0.3 is 0 Å². The first-order valence-electron chi connectivity index (χ1n) is 6.52. The van der Waals surface area contributed by atoms with Gasteiger partial charge in [0.05, 0.1) is 0 Å². The molecule has 94 valence electrons. The molecule has 0 bridgehead atoms. The highest BCUT2D eigenvalue weighted by atomic mass is 15.1. The summed E-state index contributed by atoms with van der Waals surface area (Å²) < 4.78 is 0. The molecule has 0 aliphatic carbocycles. The van der Waals surface area contributed by atoms with Crippen molar-refractivity contribution in [3.63, 3.8) is 0 Å². The lowest BCUT2D eigenvalue weighted by atomic mass is 10.0. The summed E-state index contributed by atoms with van der Waals surface area (Å²) in [5, 5.41) is 0. The highest BCUT2D eigenvalue weighted by Crippen LogP contribution is 2.17. The van der Waals surface area contributed by atoms with Gasteiger partial charge in [-0.05, 0) is 43.5 Å². The van der Waals surface area contributed by atoms with Gasteiger partial charge in [-0.2, -0.15) is 0 Å². The minimum Gasteiger partial charge on any atom is -0.372 e. The first kappa shape index (κ1) is 12.7. The largest absolute Gasteiger partial charge is 0.372 e. The molecule has 0 aliphatic rings. The van der Waals surface area contributed by atoms with Gasteiger partial charge in [0.1, 0.15) is 0 Å². The van der Waals surface area contributed by atoms with E-state index in [0.717, 1.165) is 6.42 Å². The summed E-state index contributed by atoms with van der Waals surface area (Å²) in [6.45, 7) is 4.41. The standard InChI is InChI=1S/C17H21N/c1-14(2)18(3)17-11-9-16(10-12-17)13-15-7-5-4-6-8-15/h4-12,14H,13H2,1-3H3. The molecular weight excluding hydrogens is 218 g/mol. The van der Waals surface area contributed by atoms with Gasteiger partial charge in [-0.1, -0.05) is 42.5 Å². The van der Waals surface area contributed by atoms with E-state index in [1.54, 1.807) is 0 Å². The van der Waals surface area contributed by atoms with E-state index in [4.69, 9.17) is 0 Å². The van der Waals surface area contributed by atoms with E-state index in [-0.39, 0.29) is 0 Å². The summed E-state index contributed by atoms with van der Waals surface area (Å²) in [6.07, 6.45) is 1.01. The Morgan fingerprint density at radius 3 is 1.94 bits per heavy atom. The zero-order valence-corrected chi connectivity index (χ0v) is 11.4. The molecule has 18 heavy (non-hydrogen) atoms. The van der Waals surface area contributed by atoms with Crippen molar-refractivity contribution < 1.29 is 0 Å². The highest BCUT2D eigenvalue weighted by molar-refractivity contribution is 5.48. The molecule has 0 aromatic heterocycles. The second-order valence-electron chi connectivity index (χ2n) is 5.03. The van der Waals surface area contributed by atoms with Gasteiger partial charge in [-0.3, -0.25) is 0 Å². The Bertz CT molecular complexity index is 471. The lowest BCUT2D eigenvalue weighted by Crippen LogP contribution is -2.25. The van der Waals surface area contributed by atoms with Crippen molar-refractivity contribution in [3.8, 4) is 0 Å². The lowest BCUT2D eigenvalue weighted by molar-refractivity contribution is 0.754. The van der Waals surface area contributed by atoms with Crippen LogP contribution in [-0.4, -0.2) is 13.1 Å². The Morgan fingerprint density at radius 1 is 0.833 bits per heavy atom. The molecule has 1 heteroatoms. The van der Waals surface area contributed by atoms with Gasteiger partial charge in [0.25, 0.3) is 0 Å². The van der Waals surface area contributed by atoms with Crippen LogP contribution in [0.5, 0.6) is 0 Å². The molecule has 1 nitrogen and oxygen atoms in total. The van der Waals surface area contributed by atoms with Crippen molar-refractivity contribution >= 4 is 5.69 Å². The average molecular weight is 239 g/mol. The van der Waals surface area contributed by atoms with Crippen molar-refractivity contribution in [1.29, 1.82) is 0 Å². The molecule has 0 N–H and O–H groups in total. The van der Waals surface area contributed by atoms with Crippen molar-refractivity contribution in [3.05, 3.63) is 65.7 Å². The second kappa shape index (κ2) is 5.72. The van der Waals surface area contributed by atoms with Crippen LogP contribution in [0.4, 0.5) is 5.69 Å². The Hall–Kier alpha value is -1.76. The predicted molar refractivity (Wildman–Crippen MR) is 79.2 cm³/mol. The van der Waals surface area contributed by atoms with E-state index in [0.29, 0.717) is 6.04 Å². The summed E-state index contributed by atoms with van der Waals surface area (Å²) in [5.74, 6) is 0. The summed E-state index contributed by atoms with van der Waals surface area (Å²) in [5.41, 5.74) is 4.01. The number of hydrogen-bond acceptors (Lipinski definition) is 1. The van der Waals surface area contributed by atoms with Crippen LogP contribution in [0.15, 0.2) is 54.6 Å². The van der Waals surface area contributed by atoms with Gasteiger partial charge in [-0.25, -0.2) is 0 Å². The van der Waals surface area contributed by atoms with Gasteiger partial charge in [0.15, 0.2) is 0 Å². The van der Waals surface area contributed by atoms with Gasteiger partial charge in [0.2, 0.25) is 0 Å². The smallest absolute Gasteiger partial charge is 0.0366 e. The molecule has 2 aromatic rings. The molecule has 0 saturated heterocycles. The van der Waals surface area contributed by atoms with E-state index in [1.807, 2.05) is 0 Å². The van der Waals surface area contributed by atoms with Crippen molar-refractivity contribution in [1.82, 2.24) is 0 Å². The molecule has 2 aromatic carbocycles. The Labute approximate surface area is 110 Å². The molecular formula is C17H21N. The molecule has 0 heterocycles. The molecule has 0 fully saturated rings. The second-order valence-corrected chi connectivity index (χ2v) is 5.03. The first-order chi connectivity index (χ1) is 8.66. The fraction of sp³-hybridized carbons (Fsp3) is 0.294. The fourth-order valence-electron chi connectivity index (χ4n) is 1.98. The van der Waals surface area contributed by atoms with Crippen LogP contribution in [0.1, 0.15) is 25.0 Å². The topological polar surface area (TPSA) is 3.24 Å². The molecule has 0 saturated carbocycles. The van der Waals surface area contributed by atoms with Crippen LogP contribution in [0.2, 0.25) is 0 Å². The van der Waals surface area contributed by atoms with E-state index in [9.17, 15) is 0 Å². The van der Waals surface area contributed by atoms with E-state index < -0.39 is 0 Å². The predicted octanol–water partition coefficient (Wildman–Crippen LogP) is 4.12. The third-order valence-electron chi connectivity index (χ3n) is 3.37. The van der Waals surface area contributed by atoms with E-state index >= 15 is 0 Å². The molecule has 0 aliphatic heterocycles. The fourth-order valence-corrected chi connectivity index (χ4v) is 1.98. The van der Waals surface area contributed by atoms with Crippen LogP contribution >= 0.6 is 0 Å². The Morgan fingerprint density at radius 2 is 1.39 bits per heavy atom. The third kappa shape index (κ3) is 3.13. The zero-order valence-electron chi connectivity index (χ0n) is 11.4. The Kier molecular flexibility index (Phi) is 4.03. The van der Waals surface area contributed by atoms with Crippen molar-refractivity contribution in [2.45, 2.75) is 26.3 Å². The molecule has 0 atom stereocenters. The van der Waals surface area contributed by atoms with E-state index in [1.165, 1.54) is 16.8 Å². The maximum Gasteiger partial charge on any atom is 0.0366 e. The van der Waals surface area contributed by atoms with Crippen LogP contribution < -0.4 is 4.90 Å². The number of benzene rings is 2. The molecule has 0 radical (unpaired) electrons. The molecule has 0 amide bonds. The molecule has 0 spiro atoms. The van der Waals surface area contributed by atoms with Crippen LogP contribution in [-0.2, 0) is 6.42 Å². The molecule has 0 unspecified atom stereocenters. The van der Waals surface area contributed by atoms with Gasteiger partial charge in [-0.15, -0.1) is 0 Å². The quantitative estimate of drug-likeness (QED) is 0.775. The summed E-state index contributed by atoms with van der Waals surface area (Å²) in [7, 11) is 2.14. The minimum atomic E-state index is 0.532. The third-order valence-corrected chi connectivity index (χ3v) is 3.37. The zero-order chi connectivity index (χ0) is 13.0. The van der Waals surface area contributed by atoms with Crippen molar-refractivity contribution in [2.24, 2.45) is 0 Å². The summed E-state index contributed by atoms with van der Waals surface area (Å²) >= 11 is 0. The van der Waals surface area contributed by atoms with Gasteiger partial charge < -0.3 is 4.90 Å². The van der Waals surface area contributed by atoms with Crippen LogP contribution in [0.25, 0.3) is 0 Å². The molecule has 2 rings (SSSR count). The monoisotopic (exact) mass is 239 g/mol. The van der Waals surface area contributed by atoms with Crippen molar-refractivity contribution in [2.75, 3.05) is 11.9 Å². The Balaban J connectivity index is 2.09.